The lowest BCUT2D eigenvalue weighted by Crippen LogP contribution is -2.38. The summed E-state index contributed by atoms with van der Waals surface area (Å²) < 4.78 is 1.82. The second-order valence-corrected chi connectivity index (χ2v) is 6.26. The minimum atomic E-state index is 0.121. The smallest absolute Gasteiger partial charge is 0.209 e. The summed E-state index contributed by atoms with van der Waals surface area (Å²) in [6.45, 7) is 13.9. The summed E-state index contributed by atoms with van der Waals surface area (Å²) in [7, 11) is 0. The molecule has 1 aromatic rings. The van der Waals surface area contributed by atoms with Crippen molar-refractivity contribution in [2.45, 2.75) is 50.2 Å². The Labute approximate surface area is 107 Å². The molecule has 0 saturated carbocycles. The van der Waals surface area contributed by atoms with E-state index in [0.717, 1.165) is 18.2 Å². The minimum Gasteiger partial charge on any atom is -0.310 e. The molecule has 0 radical (unpaired) electrons. The van der Waals surface area contributed by atoms with Gasteiger partial charge in [-0.2, -0.15) is 0 Å². The van der Waals surface area contributed by atoms with E-state index in [9.17, 15) is 0 Å². The molecule has 96 valence electrons. The summed E-state index contributed by atoms with van der Waals surface area (Å²) in [5.74, 6) is 0. The van der Waals surface area contributed by atoms with Crippen LogP contribution in [0.4, 0.5) is 0 Å². The van der Waals surface area contributed by atoms with Crippen LogP contribution < -0.4 is 5.32 Å². The zero-order chi connectivity index (χ0) is 12.9. The van der Waals surface area contributed by atoms with Gasteiger partial charge in [0.2, 0.25) is 5.16 Å². The van der Waals surface area contributed by atoms with Crippen LogP contribution in [0.15, 0.2) is 17.8 Å². The number of hydrogen-bond donors (Lipinski definition) is 1. The predicted octanol–water partition coefficient (Wildman–Crippen LogP) is 1.73. The van der Waals surface area contributed by atoms with E-state index in [1.807, 2.05) is 10.8 Å². The van der Waals surface area contributed by atoms with Crippen molar-refractivity contribution < 1.29 is 0 Å². The molecule has 0 aliphatic carbocycles. The predicted molar refractivity (Wildman–Crippen MR) is 71.1 cm³/mol. The van der Waals surface area contributed by atoms with Crippen LogP contribution >= 0.6 is 11.8 Å². The van der Waals surface area contributed by atoms with Gasteiger partial charge < -0.3 is 5.32 Å². The van der Waals surface area contributed by atoms with E-state index in [2.05, 4.69) is 55.1 Å². The first-order valence-electron chi connectivity index (χ1n) is 5.73. The van der Waals surface area contributed by atoms with Gasteiger partial charge in [-0.1, -0.05) is 17.8 Å². The highest BCUT2D eigenvalue weighted by Gasteiger charge is 2.11. The molecular formula is C11H21N5S. The van der Waals surface area contributed by atoms with Crippen LogP contribution in [0, 0.1) is 0 Å². The summed E-state index contributed by atoms with van der Waals surface area (Å²) in [6, 6.07) is 0. The molecule has 0 fully saturated rings. The Bertz CT molecular complexity index is 355. The minimum absolute atomic E-state index is 0.121. The van der Waals surface area contributed by atoms with Gasteiger partial charge in [0.05, 0.1) is 6.54 Å². The fraction of sp³-hybridized carbons (Fsp3) is 0.727. The molecule has 0 amide bonds. The van der Waals surface area contributed by atoms with E-state index >= 15 is 0 Å². The van der Waals surface area contributed by atoms with Gasteiger partial charge in [-0.3, -0.25) is 0 Å². The molecule has 17 heavy (non-hydrogen) atoms. The van der Waals surface area contributed by atoms with Gasteiger partial charge >= 0.3 is 0 Å². The Morgan fingerprint density at radius 2 is 2.24 bits per heavy atom. The number of rotatable bonds is 6. The van der Waals surface area contributed by atoms with E-state index in [1.54, 1.807) is 11.8 Å². The van der Waals surface area contributed by atoms with Gasteiger partial charge in [0.15, 0.2) is 0 Å². The number of nitrogens with one attached hydrogen (secondary N) is 1. The van der Waals surface area contributed by atoms with E-state index in [1.165, 1.54) is 0 Å². The monoisotopic (exact) mass is 255 g/mol. The van der Waals surface area contributed by atoms with Crippen LogP contribution in [0.2, 0.25) is 0 Å². The third kappa shape index (κ3) is 5.32. The van der Waals surface area contributed by atoms with Crippen LogP contribution in [-0.2, 0) is 6.54 Å². The van der Waals surface area contributed by atoms with Crippen molar-refractivity contribution in [2.24, 2.45) is 0 Å². The number of thioether (sulfide) groups is 1. The highest BCUT2D eigenvalue weighted by atomic mass is 32.2. The maximum absolute atomic E-state index is 4.01. The summed E-state index contributed by atoms with van der Waals surface area (Å²) in [5, 5.41) is 16.3. The van der Waals surface area contributed by atoms with Crippen molar-refractivity contribution in [1.29, 1.82) is 0 Å². The van der Waals surface area contributed by atoms with Gasteiger partial charge in [-0.25, -0.2) is 4.68 Å². The molecule has 1 atom stereocenters. The molecule has 1 aromatic heterocycles. The summed E-state index contributed by atoms with van der Waals surface area (Å²) in [4.78, 5) is 0. The Kier molecular flexibility index (Phi) is 5.14. The Morgan fingerprint density at radius 3 is 2.82 bits per heavy atom. The molecule has 0 aliphatic heterocycles. The SMILES string of the molecule is C=CC(C)Sc1nnnn1CCNC(C)(C)C. The van der Waals surface area contributed by atoms with Crippen molar-refractivity contribution in [3.8, 4) is 0 Å². The molecule has 0 aromatic carbocycles. The summed E-state index contributed by atoms with van der Waals surface area (Å²) in [5.41, 5.74) is 0.121. The van der Waals surface area contributed by atoms with Crippen molar-refractivity contribution in [3.05, 3.63) is 12.7 Å². The number of aromatic nitrogens is 4. The van der Waals surface area contributed by atoms with E-state index < -0.39 is 0 Å². The van der Waals surface area contributed by atoms with Gasteiger partial charge in [-0.05, 0) is 38.1 Å². The Morgan fingerprint density at radius 1 is 1.53 bits per heavy atom. The highest BCUT2D eigenvalue weighted by molar-refractivity contribution is 7.99. The number of hydrogen-bond acceptors (Lipinski definition) is 5. The summed E-state index contributed by atoms with van der Waals surface area (Å²) in [6.07, 6.45) is 1.89. The van der Waals surface area contributed by atoms with E-state index in [-0.39, 0.29) is 5.54 Å². The molecule has 1 rings (SSSR count). The lowest BCUT2D eigenvalue weighted by Gasteiger charge is -2.20. The first-order chi connectivity index (χ1) is 7.92. The fourth-order valence-corrected chi connectivity index (χ4v) is 1.93. The molecule has 0 spiro atoms. The molecule has 1 N–H and O–H groups in total. The first kappa shape index (κ1) is 14.2. The van der Waals surface area contributed by atoms with Crippen molar-refractivity contribution in [1.82, 2.24) is 25.5 Å². The largest absolute Gasteiger partial charge is 0.310 e. The average molecular weight is 255 g/mol. The highest BCUT2D eigenvalue weighted by Crippen LogP contribution is 2.20. The third-order valence-electron chi connectivity index (χ3n) is 2.10. The van der Waals surface area contributed by atoms with Crippen molar-refractivity contribution >= 4 is 11.8 Å². The van der Waals surface area contributed by atoms with E-state index in [4.69, 9.17) is 0 Å². The Balaban J connectivity index is 2.48. The third-order valence-corrected chi connectivity index (χ3v) is 3.17. The lowest BCUT2D eigenvalue weighted by atomic mass is 10.1. The molecule has 6 heteroatoms. The fourth-order valence-electron chi connectivity index (χ4n) is 1.17. The van der Waals surface area contributed by atoms with Crippen LogP contribution in [-0.4, -0.2) is 37.5 Å². The number of nitrogens with zero attached hydrogens (tertiary/aromatic N) is 4. The standard InChI is InChI=1S/C11H21N5S/c1-6-9(2)17-10-13-14-15-16(10)8-7-12-11(3,4)5/h6,9,12H,1,7-8H2,2-5H3. The van der Waals surface area contributed by atoms with E-state index in [0.29, 0.717) is 5.25 Å². The second kappa shape index (κ2) is 6.16. The van der Waals surface area contributed by atoms with Gasteiger partial charge in [0.1, 0.15) is 0 Å². The van der Waals surface area contributed by atoms with Crippen LogP contribution in [0.5, 0.6) is 0 Å². The molecule has 0 saturated heterocycles. The van der Waals surface area contributed by atoms with Crippen LogP contribution in [0.1, 0.15) is 27.7 Å². The Hall–Kier alpha value is -0.880. The lowest BCUT2D eigenvalue weighted by molar-refractivity contribution is 0.396. The molecule has 5 nitrogen and oxygen atoms in total. The van der Waals surface area contributed by atoms with Gasteiger partial charge in [0, 0.05) is 17.3 Å². The maximum atomic E-state index is 4.01. The normalized spacial score (nSPS) is 13.6. The molecule has 0 aliphatic rings. The molecule has 1 heterocycles. The first-order valence-corrected chi connectivity index (χ1v) is 6.61. The molecule has 0 bridgehead atoms. The maximum Gasteiger partial charge on any atom is 0.209 e. The average Bonchev–Trinajstić information content (AvgIpc) is 2.64. The zero-order valence-corrected chi connectivity index (χ0v) is 11.8. The van der Waals surface area contributed by atoms with Crippen LogP contribution in [0.3, 0.4) is 0 Å². The molecule has 1 unspecified atom stereocenters. The quantitative estimate of drug-likeness (QED) is 0.619. The van der Waals surface area contributed by atoms with Gasteiger partial charge in [0.25, 0.3) is 0 Å². The molecular weight excluding hydrogens is 234 g/mol. The van der Waals surface area contributed by atoms with Crippen LogP contribution in [0.25, 0.3) is 0 Å². The van der Waals surface area contributed by atoms with Gasteiger partial charge in [-0.15, -0.1) is 11.7 Å². The van der Waals surface area contributed by atoms with Crippen molar-refractivity contribution in [2.75, 3.05) is 6.54 Å². The second-order valence-electron chi connectivity index (χ2n) is 4.92. The zero-order valence-electron chi connectivity index (χ0n) is 11.0. The number of tetrazole rings is 1. The topological polar surface area (TPSA) is 55.6 Å². The van der Waals surface area contributed by atoms with Crippen molar-refractivity contribution in [3.63, 3.8) is 0 Å². The summed E-state index contributed by atoms with van der Waals surface area (Å²) >= 11 is 1.62.